The van der Waals surface area contributed by atoms with E-state index >= 15 is 0 Å². The molecule has 0 aliphatic rings. The molecule has 13 aromatic rings. The van der Waals surface area contributed by atoms with E-state index in [0.717, 1.165) is 72.5 Å². The number of hydrogen-bond acceptors (Lipinski definition) is 2. The van der Waals surface area contributed by atoms with Crippen LogP contribution in [-0.4, -0.2) is 4.57 Å². The second-order valence-corrected chi connectivity index (χ2v) is 16.8. The van der Waals surface area contributed by atoms with Gasteiger partial charge in [-0.2, -0.15) is 0 Å². The minimum absolute atomic E-state index is 0.898. The molecular formula is C62H40N2O. The Kier molecular flexibility index (Phi) is 8.53. The topological polar surface area (TPSA) is 21.3 Å². The van der Waals surface area contributed by atoms with Crippen molar-refractivity contribution >= 4 is 82.4 Å². The summed E-state index contributed by atoms with van der Waals surface area (Å²) in [5.41, 5.74) is 15.3. The zero-order valence-electron chi connectivity index (χ0n) is 35.4. The molecule has 13 rings (SSSR count). The molecule has 11 aromatic carbocycles. The molecule has 0 fully saturated rings. The number of benzene rings is 11. The van der Waals surface area contributed by atoms with Crippen molar-refractivity contribution in [3.05, 3.63) is 243 Å². The average molecular weight is 829 g/mol. The number of para-hydroxylation sites is 6. The smallest absolute Gasteiger partial charge is 0.143 e. The van der Waals surface area contributed by atoms with E-state index in [4.69, 9.17) is 4.42 Å². The third kappa shape index (κ3) is 6.05. The predicted octanol–water partition coefficient (Wildman–Crippen LogP) is 17.5. The van der Waals surface area contributed by atoms with E-state index < -0.39 is 0 Å². The Balaban J connectivity index is 0.994. The molecule has 0 radical (unpaired) electrons. The van der Waals surface area contributed by atoms with Gasteiger partial charge >= 0.3 is 0 Å². The van der Waals surface area contributed by atoms with E-state index in [1.165, 1.54) is 48.9 Å². The van der Waals surface area contributed by atoms with Crippen molar-refractivity contribution < 1.29 is 4.42 Å². The van der Waals surface area contributed by atoms with Crippen molar-refractivity contribution in [3.63, 3.8) is 0 Å². The number of rotatable bonds is 7. The number of furan rings is 1. The van der Waals surface area contributed by atoms with Crippen LogP contribution in [0.25, 0.3) is 104 Å². The van der Waals surface area contributed by atoms with Crippen molar-refractivity contribution in [3.8, 4) is 39.1 Å². The second-order valence-electron chi connectivity index (χ2n) is 16.8. The average Bonchev–Trinajstić information content (AvgIpc) is 3.93. The molecule has 0 unspecified atom stereocenters. The maximum Gasteiger partial charge on any atom is 0.143 e. The molecule has 0 N–H and O–H groups in total. The van der Waals surface area contributed by atoms with Crippen LogP contribution in [0.2, 0.25) is 0 Å². The molecule has 0 aliphatic carbocycles. The van der Waals surface area contributed by atoms with Gasteiger partial charge in [-0.1, -0.05) is 182 Å². The Morgan fingerprint density at radius 2 is 0.908 bits per heavy atom. The largest absolute Gasteiger partial charge is 0.455 e. The van der Waals surface area contributed by atoms with Gasteiger partial charge in [0.15, 0.2) is 0 Å². The van der Waals surface area contributed by atoms with Crippen LogP contribution in [0.3, 0.4) is 0 Å². The van der Waals surface area contributed by atoms with E-state index in [2.05, 4.69) is 240 Å². The Hall–Kier alpha value is -8.66. The first-order chi connectivity index (χ1) is 32.2. The molecule has 0 aliphatic heterocycles. The van der Waals surface area contributed by atoms with E-state index in [1.807, 2.05) is 12.1 Å². The molecule has 0 spiro atoms. The lowest BCUT2D eigenvalue weighted by atomic mass is 9.96. The summed E-state index contributed by atoms with van der Waals surface area (Å²) >= 11 is 0. The summed E-state index contributed by atoms with van der Waals surface area (Å²) in [7, 11) is 0. The molecule has 0 bridgehead atoms. The predicted molar refractivity (Wildman–Crippen MR) is 274 cm³/mol. The van der Waals surface area contributed by atoms with E-state index in [-0.39, 0.29) is 0 Å². The van der Waals surface area contributed by atoms with Gasteiger partial charge < -0.3 is 13.9 Å². The van der Waals surface area contributed by atoms with Crippen LogP contribution < -0.4 is 4.90 Å². The van der Waals surface area contributed by atoms with Crippen LogP contribution in [0, 0.1) is 0 Å². The van der Waals surface area contributed by atoms with Gasteiger partial charge in [-0.3, -0.25) is 0 Å². The number of hydrogen-bond donors (Lipinski definition) is 0. The lowest BCUT2D eigenvalue weighted by Gasteiger charge is -2.29. The van der Waals surface area contributed by atoms with Crippen molar-refractivity contribution in [1.82, 2.24) is 4.57 Å². The maximum absolute atomic E-state index is 6.50. The van der Waals surface area contributed by atoms with Gasteiger partial charge in [0.1, 0.15) is 11.2 Å². The summed E-state index contributed by atoms with van der Waals surface area (Å²) in [6.45, 7) is 0. The second kappa shape index (κ2) is 15.0. The summed E-state index contributed by atoms with van der Waals surface area (Å²) in [6.07, 6.45) is 0. The van der Waals surface area contributed by atoms with Crippen LogP contribution in [-0.2, 0) is 0 Å². The number of aromatic nitrogens is 1. The molecule has 65 heavy (non-hydrogen) atoms. The fourth-order valence-electron chi connectivity index (χ4n) is 10.2. The molecule has 0 saturated heterocycles. The molecule has 304 valence electrons. The van der Waals surface area contributed by atoms with Crippen molar-refractivity contribution in [2.24, 2.45) is 0 Å². The summed E-state index contributed by atoms with van der Waals surface area (Å²) in [5.74, 6) is 0. The van der Waals surface area contributed by atoms with Gasteiger partial charge in [0.05, 0.1) is 22.4 Å². The number of nitrogens with zero attached hydrogens (tertiary/aromatic N) is 2. The molecule has 3 nitrogen and oxygen atoms in total. The standard InChI is InChI=1S/C62H40N2O/c1-2-18-48-41(15-1)31-32-45-39-44(35-38-49(45)48)43-16-13-17-47(40-43)63(46-36-33-42(34-37-46)50-24-14-25-56-55-23-7-12-30-61(55)65-62(50)56)57-26-8-3-19-51(57)52-20-4-9-27-58(52)64-59-28-10-5-21-53(59)54-22-6-11-29-60(54)64/h1-40H. The molecule has 2 heterocycles. The molecular weight excluding hydrogens is 789 g/mol. The molecule has 0 saturated carbocycles. The number of anilines is 3. The van der Waals surface area contributed by atoms with Crippen LogP contribution in [0.5, 0.6) is 0 Å². The normalized spacial score (nSPS) is 11.7. The quantitative estimate of drug-likeness (QED) is 0.149. The minimum Gasteiger partial charge on any atom is -0.455 e. The van der Waals surface area contributed by atoms with Crippen LogP contribution in [0.4, 0.5) is 17.1 Å². The van der Waals surface area contributed by atoms with Gasteiger partial charge in [0, 0.05) is 49.6 Å². The zero-order chi connectivity index (χ0) is 42.8. The fourth-order valence-corrected chi connectivity index (χ4v) is 10.2. The Morgan fingerprint density at radius 1 is 0.323 bits per heavy atom. The summed E-state index contributed by atoms with van der Waals surface area (Å²) in [5, 5.41) is 9.75. The first-order valence-electron chi connectivity index (χ1n) is 22.2. The molecule has 0 atom stereocenters. The summed E-state index contributed by atoms with van der Waals surface area (Å²) in [6, 6.07) is 87.8. The van der Waals surface area contributed by atoms with Crippen molar-refractivity contribution in [2.75, 3.05) is 4.90 Å². The first kappa shape index (κ1) is 36.9. The molecule has 3 heteroatoms. The van der Waals surface area contributed by atoms with Crippen LogP contribution in [0.1, 0.15) is 0 Å². The van der Waals surface area contributed by atoms with Gasteiger partial charge in [-0.15, -0.1) is 0 Å². The Bertz CT molecular complexity index is 3910. The zero-order valence-corrected chi connectivity index (χ0v) is 35.4. The molecule has 0 amide bonds. The highest BCUT2D eigenvalue weighted by molar-refractivity contribution is 6.12. The lowest BCUT2D eigenvalue weighted by molar-refractivity contribution is 0.670. The van der Waals surface area contributed by atoms with E-state index in [1.54, 1.807) is 0 Å². The lowest BCUT2D eigenvalue weighted by Crippen LogP contribution is -2.11. The van der Waals surface area contributed by atoms with Gasteiger partial charge in [-0.05, 0) is 98.9 Å². The highest BCUT2D eigenvalue weighted by atomic mass is 16.3. The van der Waals surface area contributed by atoms with Gasteiger partial charge in [-0.25, -0.2) is 0 Å². The molecule has 2 aromatic heterocycles. The Labute approximate surface area is 376 Å². The maximum atomic E-state index is 6.50. The Morgan fingerprint density at radius 3 is 1.74 bits per heavy atom. The van der Waals surface area contributed by atoms with E-state index in [0.29, 0.717) is 0 Å². The monoisotopic (exact) mass is 828 g/mol. The summed E-state index contributed by atoms with van der Waals surface area (Å²) in [4.78, 5) is 2.42. The number of fused-ring (bicyclic) bond motifs is 9. The van der Waals surface area contributed by atoms with Crippen LogP contribution >= 0.6 is 0 Å². The van der Waals surface area contributed by atoms with E-state index in [9.17, 15) is 0 Å². The third-order valence-corrected chi connectivity index (χ3v) is 13.2. The van der Waals surface area contributed by atoms with Crippen LogP contribution in [0.15, 0.2) is 247 Å². The summed E-state index contributed by atoms with van der Waals surface area (Å²) < 4.78 is 8.93. The van der Waals surface area contributed by atoms with Gasteiger partial charge in [0.25, 0.3) is 0 Å². The van der Waals surface area contributed by atoms with Crippen molar-refractivity contribution in [1.29, 1.82) is 0 Å². The van der Waals surface area contributed by atoms with Gasteiger partial charge in [0.2, 0.25) is 0 Å². The van der Waals surface area contributed by atoms with Crippen molar-refractivity contribution in [2.45, 2.75) is 0 Å². The highest BCUT2D eigenvalue weighted by Crippen LogP contribution is 2.46. The fraction of sp³-hybridized carbons (Fsp3) is 0. The minimum atomic E-state index is 0.898. The first-order valence-corrected chi connectivity index (χ1v) is 22.2. The SMILES string of the molecule is c1cc(-c2ccc3c(ccc4ccccc43)c2)cc(N(c2ccc(-c3cccc4c3oc3ccccc34)cc2)c2ccccc2-c2ccccc2-n2c3ccccc3c3ccccc32)c1. The highest BCUT2D eigenvalue weighted by Gasteiger charge is 2.22. The third-order valence-electron chi connectivity index (χ3n) is 13.2.